The van der Waals surface area contributed by atoms with Gasteiger partial charge in [-0.25, -0.2) is 4.98 Å². The van der Waals surface area contributed by atoms with Crippen molar-refractivity contribution in [2.24, 2.45) is 0 Å². The highest BCUT2D eigenvalue weighted by molar-refractivity contribution is 6.16. The highest BCUT2D eigenvalue weighted by Crippen LogP contribution is 2.37. The van der Waals surface area contributed by atoms with E-state index in [0.717, 1.165) is 38.7 Å². The van der Waals surface area contributed by atoms with Crippen LogP contribution >= 0.6 is 0 Å². The molecule has 0 radical (unpaired) electrons. The number of hydrogen-bond acceptors (Lipinski definition) is 1. The molecule has 14 bridgehead atoms. The Bertz CT molecular complexity index is 3390. The molecule has 12 aromatic rings. The van der Waals surface area contributed by atoms with Gasteiger partial charge < -0.3 is 4.57 Å². The molecule has 0 amide bonds. The molecule has 56 heavy (non-hydrogen) atoms. The van der Waals surface area contributed by atoms with Crippen molar-refractivity contribution in [3.8, 4) is 11.4 Å². The number of pyridine rings is 1. The lowest BCUT2D eigenvalue weighted by atomic mass is 10.0. The van der Waals surface area contributed by atoms with Gasteiger partial charge in [0.05, 0.1) is 16.6 Å². The monoisotopic (exact) mass is 711 g/mol. The van der Waals surface area contributed by atoms with Crippen molar-refractivity contribution in [3.63, 3.8) is 0 Å². The van der Waals surface area contributed by atoms with Gasteiger partial charge in [0.25, 0.3) is 0 Å². The van der Waals surface area contributed by atoms with Gasteiger partial charge in [0, 0.05) is 44.5 Å². The first kappa shape index (κ1) is 30.9. The molecule has 0 aliphatic carbocycles. The van der Waals surface area contributed by atoms with Crippen molar-refractivity contribution < 1.29 is 0 Å². The second kappa shape index (κ2) is 12.0. The van der Waals surface area contributed by atoms with E-state index < -0.39 is 0 Å². The van der Waals surface area contributed by atoms with Crippen LogP contribution in [-0.4, -0.2) is 14.1 Å². The van der Waals surface area contributed by atoms with Gasteiger partial charge in [-0.15, -0.1) is 0 Å². The molecule has 0 spiro atoms. The molecule has 3 heteroatoms. The lowest BCUT2D eigenvalue weighted by molar-refractivity contribution is 1.14. The third kappa shape index (κ3) is 4.74. The van der Waals surface area contributed by atoms with E-state index in [-0.39, 0.29) is 0 Å². The van der Waals surface area contributed by atoms with Gasteiger partial charge in [0.15, 0.2) is 0 Å². The number of hydrogen-bond donors (Lipinski definition) is 0. The summed E-state index contributed by atoms with van der Waals surface area (Å²) in [5.74, 6) is 0. The first-order valence-electron chi connectivity index (χ1n) is 19.2. The highest BCUT2D eigenvalue weighted by atomic mass is 15.0. The molecule has 0 saturated heterocycles. The highest BCUT2D eigenvalue weighted by Gasteiger charge is 2.16. The van der Waals surface area contributed by atoms with Crippen molar-refractivity contribution in [2.75, 3.05) is 0 Å². The quantitative estimate of drug-likeness (QED) is 0.175. The number of nitrogens with zero attached hydrogens (tertiary/aromatic N) is 3. The first-order chi connectivity index (χ1) is 27.7. The van der Waals surface area contributed by atoms with E-state index in [1.165, 1.54) is 70.3 Å². The van der Waals surface area contributed by atoms with Crippen LogP contribution in [0.15, 0.2) is 200 Å². The SMILES string of the molecule is c1ccc(-n2c3ccc4cc3c3cc(ccc32)c2cnc3c(c2)c2cc(ccc2n3-c2ccccc2)c2cccc(c2)c2cccc(c2)c2cccc4c2)cc1. The topological polar surface area (TPSA) is 22.8 Å². The van der Waals surface area contributed by atoms with E-state index in [1.54, 1.807) is 0 Å². The lowest BCUT2D eigenvalue weighted by Crippen LogP contribution is -1.94. The second-order valence-corrected chi connectivity index (χ2v) is 14.9. The summed E-state index contributed by atoms with van der Waals surface area (Å²) in [6.45, 7) is 0. The molecular weight excluding hydrogens is 679 g/mol. The second-order valence-electron chi connectivity index (χ2n) is 14.9. The molecule has 0 atom stereocenters. The van der Waals surface area contributed by atoms with Gasteiger partial charge in [-0.05, 0) is 133 Å². The molecule has 0 fully saturated rings. The number of fused-ring (bicyclic) bond motifs is 15. The minimum absolute atomic E-state index is 0.948. The van der Waals surface area contributed by atoms with E-state index in [9.17, 15) is 0 Å². The Hall–Kier alpha value is -7.49. The van der Waals surface area contributed by atoms with E-state index >= 15 is 0 Å². The average molecular weight is 712 g/mol. The van der Waals surface area contributed by atoms with Gasteiger partial charge in [-0.2, -0.15) is 0 Å². The van der Waals surface area contributed by atoms with Gasteiger partial charge in [0.2, 0.25) is 0 Å². The van der Waals surface area contributed by atoms with Gasteiger partial charge in [0.1, 0.15) is 5.65 Å². The van der Waals surface area contributed by atoms with Gasteiger partial charge >= 0.3 is 0 Å². The minimum atomic E-state index is 0.948. The summed E-state index contributed by atoms with van der Waals surface area (Å²) in [5, 5.41) is 16.5. The van der Waals surface area contributed by atoms with Crippen LogP contribution in [0, 0.1) is 0 Å². The molecule has 0 aliphatic rings. The van der Waals surface area contributed by atoms with Crippen LogP contribution in [-0.2, 0) is 0 Å². The van der Waals surface area contributed by atoms with Crippen LogP contribution in [0.2, 0.25) is 0 Å². The summed E-state index contributed by atoms with van der Waals surface area (Å²) in [6, 6.07) is 71.2. The van der Waals surface area contributed by atoms with Crippen LogP contribution in [0.4, 0.5) is 0 Å². The fraction of sp³-hybridized carbons (Fsp3) is 0. The molecule has 0 unspecified atom stereocenters. The van der Waals surface area contributed by atoms with E-state index in [2.05, 4.69) is 203 Å². The van der Waals surface area contributed by atoms with E-state index in [0.29, 0.717) is 0 Å². The smallest absolute Gasteiger partial charge is 0.145 e. The van der Waals surface area contributed by atoms with Crippen molar-refractivity contribution in [3.05, 3.63) is 200 Å². The number of aromatic nitrogens is 3. The summed E-state index contributed by atoms with van der Waals surface area (Å²) in [5.41, 5.74) is 6.69. The molecule has 0 aliphatic heterocycles. The Morgan fingerprint density at radius 1 is 0.268 bits per heavy atom. The molecule has 0 saturated carbocycles. The van der Waals surface area contributed by atoms with Crippen molar-refractivity contribution in [1.82, 2.24) is 14.1 Å². The van der Waals surface area contributed by atoms with Crippen LogP contribution in [0.3, 0.4) is 0 Å². The largest absolute Gasteiger partial charge is 0.309 e. The summed E-state index contributed by atoms with van der Waals surface area (Å²) in [4.78, 5) is 5.24. The first-order valence-corrected chi connectivity index (χ1v) is 19.2. The van der Waals surface area contributed by atoms with Crippen molar-refractivity contribution in [2.45, 2.75) is 0 Å². The lowest BCUT2D eigenvalue weighted by Gasteiger charge is -2.07. The molecule has 260 valence electrons. The van der Waals surface area contributed by atoms with Gasteiger partial charge in [-0.1, -0.05) is 109 Å². The molecule has 3 nitrogen and oxygen atoms in total. The van der Waals surface area contributed by atoms with Crippen LogP contribution < -0.4 is 0 Å². The maximum Gasteiger partial charge on any atom is 0.145 e. The van der Waals surface area contributed by atoms with E-state index in [4.69, 9.17) is 4.98 Å². The van der Waals surface area contributed by atoms with E-state index in [1.807, 2.05) is 6.20 Å². The normalized spacial score (nSPS) is 11.9. The molecule has 3 heterocycles. The fourth-order valence-electron chi connectivity index (χ4n) is 8.94. The predicted octanol–water partition coefficient (Wildman–Crippen LogP) is 14.2. The van der Waals surface area contributed by atoms with Crippen LogP contribution in [0.25, 0.3) is 109 Å². The maximum atomic E-state index is 5.24. The zero-order chi connectivity index (χ0) is 36.7. The number of rotatable bonds is 2. The standard InChI is InChI=1S/C53H33N3/c1-3-16-44(17-4-1)55-50-23-20-40-29-46(50)47-31-42(22-24-51(47)55)43-32-49-48-30-41(21-25-52(48)56(53(49)54-33-43)45-18-5-2-6-19-45)39-15-9-13-37(28-39)35-11-7-10-34(26-35)36-12-8-14-38(40)27-36/h1-33H. The summed E-state index contributed by atoms with van der Waals surface area (Å²) < 4.78 is 4.69. The molecule has 3 aromatic heterocycles. The molecule has 12 rings (SSSR count). The zero-order valence-corrected chi connectivity index (χ0v) is 30.4. The maximum absolute atomic E-state index is 5.24. The third-order valence-electron chi connectivity index (χ3n) is 11.7. The Kier molecular flexibility index (Phi) is 6.63. The minimum Gasteiger partial charge on any atom is -0.309 e. The summed E-state index contributed by atoms with van der Waals surface area (Å²) in [6.07, 6.45) is 2.04. The third-order valence-corrected chi connectivity index (χ3v) is 11.7. The van der Waals surface area contributed by atoms with Crippen molar-refractivity contribution >= 4 is 97.6 Å². The fourth-order valence-corrected chi connectivity index (χ4v) is 8.94. The Labute approximate surface area is 322 Å². The summed E-state index contributed by atoms with van der Waals surface area (Å²) in [7, 11) is 0. The Balaban J connectivity index is 1.27. The van der Waals surface area contributed by atoms with Crippen molar-refractivity contribution in [1.29, 1.82) is 0 Å². The van der Waals surface area contributed by atoms with Crippen LogP contribution in [0.5, 0.6) is 0 Å². The Morgan fingerprint density at radius 2 is 0.625 bits per heavy atom. The zero-order valence-electron chi connectivity index (χ0n) is 30.4. The van der Waals surface area contributed by atoms with Crippen LogP contribution in [0.1, 0.15) is 0 Å². The predicted molar refractivity (Wildman–Crippen MR) is 238 cm³/mol. The van der Waals surface area contributed by atoms with Gasteiger partial charge in [-0.3, -0.25) is 4.57 Å². The number of para-hydroxylation sites is 2. The number of benzene rings is 8. The molecule has 9 aromatic carbocycles. The molecule has 0 N–H and O–H groups in total. The summed E-state index contributed by atoms with van der Waals surface area (Å²) >= 11 is 0. The Morgan fingerprint density at radius 3 is 1.09 bits per heavy atom. The molecular formula is C53H33N3. The average Bonchev–Trinajstić information content (AvgIpc) is 3.78.